The van der Waals surface area contributed by atoms with Crippen molar-refractivity contribution >= 4 is 53.3 Å². The molecular formula is C57H36N4S. The fourth-order valence-corrected chi connectivity index (χ4v) is 9.55. The summed E-state index contributed by atoms with van der Waals surface area (Å²) >= 11 is 1.44. The second-order valence-corrected chi connectivity index (χ2v) is 15.5. The number of thiophene rings is 1. The van der Waals surface area contributed by atoms with Crippen molar-refractivity contribution in [3.8, 4) is 73.2 Å². The Morgan fingerprint density at radius 3 is 1.63 bits per heavy atom. The summed E-state index contributed by atoms with van der Waals surface area (Å²) in [5.74, 6) is 0.0803. The molecule has 62 heavy (non-hydrogen) atoms. The Morgan fingerprint density at radius 2 is 0.887 bits per heavy atom. The van der Waals surface area contributed by atoms with Gasteiger partial charge in [-0.2, -0.15) is 0 Å². The molecule has 3 aromatic heterocycles. The van der Waals surface area contributed by atoms with Crippen molar-refractivity contribution in [1.29, 1.82) is 0 Å². The lowest BCUT2D eigenvalue weighted by Gasteiger charge is -2.15. The van der Waals surface area contributed by atoms with Crippen LogP contribution in [0.15, 0.2) is 218 Å². The summed E-state index contributed by atoms with van der Waals surface area (Å²) in [6.45, 7) is 0. The van der Waals surface area contributed by atoms with Crippen molar-refractivity contribution < 1.29 is 20.6 Å². The summed E-state index contributed by atoms with van der Waals surface area (Å²) in [6.07, 6.45) is 0. The number of fused-ring (bicyclic) bond motifs is 6. The fourth-order valence-electron chi connectivity index (χ4n) is 8.19. The van der Waals surface area contributed by atoms with Gasteiger partial charge in [-0.15, -0.1) is 11.3 Å². The molecule has 0 aliphatic carbocycles. The van der Waals surface area contributed by atoms with Crippen molar-refractivity contribution in [3.63, 3.8) is 0 Å². The third-order valence-corrected chi connectivity index (χ3v) is 12.2. The average Bonchev–Trinajstić information content (AvgIpc) is 4.23. The molecule has 5 heteroatoms. The van der Waals surface area contributed by atoms with E-state index in [4.69, 9.17) is 35.5 Å². The first-order valence-electron chi connectivity index (χ1n) is 27.1. The van der Waals surface area contributed by atoms with Crippen molar-refractivity contribution in [2.75, 3.05) is 0 Å². The molecule has 3 heterocycles. The molecule has 0 atom stereocenters. The van der Waals surface area contributed by atoms with Crippen molar-refractivity contribution in [2.45, 2.75) is 0 Å². The molecule has 4 nitrogen and oxygen atoms in total. The van der Waals surface area contributed by atoms with E-state index in [0.717, 1.165) is 47.6 Å². The molecule has 0 aliphatic heterocycles. The first-order chi connectivity index (χ1) is 37.0. The van der Waals surface area contributed by atoms with Crippen LogP contribution in [0.5, 0.6) is 0 Å². The average molecular weight is 824 g/mol. The van der Waals surface area contributed by atoms with Gasteiger partial charge in [-0.25, -0.2) is 15.0 Å². The van der Waals surface area contributed by atoms with E-state index in [2.05, 4.69) is 0 Å². The number of benzene rings is 9. The van der Waals surface area contributed by atoms with Gasteiger partial charge in [-0.05, 0) is 69.8 Å². The van der Waals surface area contributed by atoms with Gasteiger partial charge >= 0.3 is 0 Å². The number of hydrogen-bond acceptors (Lipinski definition) is 4. The quantitative estimate of drug-likeness (QED) is 0.161. The van der Waals surface area contributed by atoms with E-state index < -0.39 is 66.5 Å². The highest BCUT2D eigenvalue weighted by molar-refractivity contribution is 7.26. The number of rotatable bonds is 7. The van der Waals surface area contributed by atoms with Gasteiger partial charge < -0.3 is 4.57 Å². The normalized spacial score (nSPS) is 14.9. The lowest BCUT2D eigenvalue weighted by atomic mass is 9.99. The van der Waals surface area contributed by atoms with E-state index in [0.29, 0.717) is 33.5 Å². The molecule has 12 aromatic rings. The number of hydrogen-bond donors (Lipinski definition) is 0. The van der Waals surface area contributed by atoms with Crippen LogP contribution in [0.4, 0.5) is 0 Å². The van der Waals surface area contributed by atoms with E-state index in [-0.39, 0.29) is 58.3 Å². The Kier molecular flexibility index (Phi) is 5.71. The van der Waals surface area contributed by atoms with Crippen LogP contribution in [0.25, 0.3) is 115 Å². The Balaban J connectivity index is 1.06. The third-order valence-electron chi connectivity index (χ3n) is 10.9. The molecular weight excluding hydrogens is 773 g/mol. The van der Waals surface area contributed by atoms with E-state index in [9.17, 15) is 0 Å². The van der Waals surface area contributed by atoms with Gasteiger partial charge in [0.1, 0.15) is 0 Å². The SMILES string of the molecule is [2H]c1c([2H])c([2H])c(-c2ccc3c(c2)c2ccccc2n3-c2ccccc2-c2nc(-c3cccc(-c4cccc5c4sc4c(-c6c([2H])c([2H])c([2H])c([2H])c6[2H])cccc45)c3)nc(-c3c([2H])c([2H])c([2H])c([2H])c3[2H])n2)c([2H])c1[2H]. The van der Waals surface area contributed by atoms with Crippen LogP contribution >= 0.6 is 11.3 Å². The molecule has 0 N–H and O–H groups in total. The Hall–Kier alpha value is -7.99. The smallest absolute Gasteiger partial charge is 0.166 e. The summed E-state index contributed by atoms with van der Waals surface area (Å²) in [5.41, 5.74) is 5.54. The van der Waals surface area contributed by atoms with Gasteiger partial charge in [-0.1, -0.05) is 182 Å². The molecule has 0 amide bonds. The third kappa shape index (κ3) is 6.09. The maximum absolute atomic E-state index is 9.01. The molecule has 0 unspecified atom stereocenters. The highest BCUT2D eigenvalue weighted by atomic mass is 32.1. The number of nitrogens with zero attached hydrogens (tertiary/aromatic N) is 4. The van der Waals surface area contributed by atoms with Crippen molar-refractivity contribution in [1.82, 2.24) is 19.5 Å². The molecule has 0 fully saturated rings. The summed E-state index contributed by atoms with van der Waals surface area (Å²) in [6, 6.07) is 32.6. The monoisotopic (exact) mass is 823 g/mol. The highest BCUT2D eigenvalue weighted by Gasteiger charge is 2.20. The summed E-state index contributed by atoms with van der Waals surface area (Å²) in [5, 5.41) is 3.26. The first-order valence-corrected chi connectivity index (χ1v) is 20.4. The molecule has 290 valence electrons. The zero-order valence-electron chi connectivity index (χ0n) is 47.3. The van der Waals surface area contributed by atoms with Gasteiger partial charge in [-0.3, -0.25) is 0 Å². The minimum atomic E-state index is -0.576. The Bertz CT molecular complexity index is 4470. The topological polar surface area (TPSA) is 43.6 Å². The predicted molar refractivity (Wildman–Crippen MR) is 260 cm³/mol. The van der Waals surface area contributed by atoms with Crippen LogP contribution in [0.1, 0.15) is 20.6 Å². The standard InChI is InChI=1S/C57H36N4S/c1-4-17-37(18-5-1)40-33-34-52-49(36-40)45-25-10-12-31-50(45)61(52)51-32-13-11-26-48(51)57-59-55(39-21-8-3-9-22-39)58-56(60-57)42-24-14-23-41(35-42)44-28-16-30-47-46-29-15-27-43(53(46)62-54(44)47)38-19-6-2-7-20-38/h1-36H/i1D,2D,3D,4D,5D,6D,7D,8D,9D,17D,18D,19D,20D,21D,22D. The fraction of sp³-hybridized carbons (Fsp3) is 0. The van der Waals surface area contributed by atoms with Gasteiger partial charge in [0.2, 0.25) is 0 Å². The van der Waals surface area contributed by atoms with E-state index >= 15 is 0 Å². The van der Waals surface area contributed by atoms with Crippen LogP contribution in [0.2, 0.25) is 0 Å². The van der Waals surface area contributed by atoms with Crippen molar-refractivity contribution in [3.05, 3.63) is 218 Å². The highest BCUT2D eigenvalue weighted by Crippen LogP contribution is 2.44. The number of aromatic nitrogens is 4. The molecule has 0 bridgehead atoms. The molecule has 0 spiro atoms. The number of para-hydroxylation sites is 2. The van der Waals surface area contributed by atoms with Crippen molar-refractivity contribution in [2.24, 2.45) is 0 Å². The second kappa shape index (κ2) is 14.9. The van der Waals surface area contributed by atoms with Crippen LogP contribution in [0, 0.1) is 0 Å². The van der Waals surface area contributed by atoms with Gasteiger partial charge in [0.05, 0.1) is 37.3 Å². The lowest BCUT2D eigenvalue weighted by molar-refractivity contribution is 1.06. The minimum Gasteiger partial charge on any atom is -0.309 e. The molecule has 0 aliphatic rings. The Morgan fingerprint density at radius 1 is 0.355 bits per heavy atom. The minimum absolute atomic E-state index is 0.0684. The molecule has 0 radical (unpaired) electrons. The van der Waals surface area contributed by atoms with Crippen LogP contribution in [-0.2, 0) is 0 Å². The van der Waals surface area contributed by atoms with E-state index in [1.807, 2.05) is 120 Å². The maximum atomic E-state index is 9.01. The molecule has 0 saturated carbocycles. The first kappa shape index (κ1) is 23.7. The van der Waals surface area contributed by atoms with E-state index in [1.54, 1.807) is 12.1 Å². The largest absolute Gasteiger partial charge is 0.309 e. The maximum Gasteiger partial charge on any atom is 0.166 e. The molecule has 12 rings (SSSR count). The molecule has 9 aromatic carbocycles. The summed E-state index contributed by atoms with van der Waals surface area (Å²) in [4.78, 5) is 14.9. The van der Waals surface area contributed by atoms with Crippen LogP contribution in [0.3, 0.4) is 0 Å². The predicted octanol–water partition coefficient (Wildman–Crippen LogP) is 15.3. The lowest BCUT2D eigenvalue weighted by Crippen LogP contribution is -2.03. The van der Waals surface area contributed by atoms with Crippen LogP contribution in [-0.4, -0.2) is 19.5 Å². The zero-order valence-corrected chi connectivity index (χ0v) is 33.1. The summed E-state index contributed by atoms with van der Waals surface area (Å²) in [7, 11) is 0. The van der Waals surface area contributed by atoms with Gasteiger partial charge in [0.15, 0.2) is 17.5 Å². The van der Waals surface area contributed by atoms with Crippen LogP contribution < -0.4 is 0 Å². The van der Waals surface area contributed by atoms with Gasteiger partial charge in [0.25, 0.3) is 0 Å². The molecule has 0 saturated heterocycles. The zero-order chi connectivity index (χ0) is 54.0. The Labute approximate surface area is 383 Å². The van der Waals surface area contributed by atoms with Gasteiger partial charge in [0, 0.05) is 47.6 Å². The van der Waals surface area contributed by atoms with E-state index in [1.165, 1.54) is 11.3 Å². The summed E-state index contributed by atoms with van der Waals surface area (Å²) < 4.78 is 132. The second-order valence-electron chi connectivity index (χ2n) is 14.5.